The maximum Gasteiger partial charge on any atom is 0.0810 e. The first-order valence-electron chi connectivity index (χ1n) is 6.62. The third-order valence-electron chi connectivity index (χ3n) is 3.11. The van der Waals surface area contributed by atoms with Gasteiger partial charge < -0.3 is 9.84 Å². The third kappa shape index (κ3) is 7.80. The molecule has 0 aromatic rings. The van der Waals surface area contributed by atoms with Crippen molar-refractivity contribution < 1.29 is 9.84 Å². The number of hydrogen-bond acceptors (Lipinski definition) is 2. The van der Waals surface area contributed by atoms with Crippen molar-refractivity contribution in [2.75, 3.05) is 6.61 Å². The molecule has 0 aromatic carbocycles. The fourth-order valence-electron chi connectivity index (χ4n) is 1.94. The zero-order valence-corrected chi connectivity index (χ0v) is 10.1. The van der Waals surface area contributed by atoms with Gasteiger partial charge in [-0.2, -0.15) is 0 Å². The van der Waals surface area contributed by atoms with Crippen LogP contribution in [-0.2, 0) is 4.74 Å². The Morgan fingerprint density at radius 3 is 2.40 bits per heavy atom. The molecule has 1 N–H and O–H groups in total. The smallest absolute Gasteiger partial charge is 0.0810 e. The van der Waals surface area contributed by atoms with E-state index in [4.69, 9.17) is 4.74 Å². The van der Waals surface area contributed by atoms with Crippen molar-refractivity contribution in [3.05, 3.63) is 0 Å². The van der Waals surface area contributed by atoms with Gasteiger partial charge in [0, 0.05) is 0 Å². The van der Waals surface area contributed by atoms with E-state index in [2.05, 4.69) is 6.92 Å². The van der Waals surface area contributed by atoms with Crippen LogP contribution in [0, 0.1) is 0 Å². The van der Waals surface area contributed by atoms with Crippen molar-refractivity contribution in [2.45, 2.75) is 76.9 Å². The lowest BCUT2D eigenvalue weighted by atomic mass is 10.0. The van der Waals surface area contributed by atoms with E-state index in [1.807, 2.05) is 0 Å². The van der Waals surface area contributed by atoms with Crippen LogP contribution in [0.4, 0.5) is 0 Å². The Morgan fingerprint density at radius 1 is 1.13 bits per heavy atom. The Morgan fingerprint density at radius 2 is 1.80 bits per heavy atom. The molecule has 0 radical (unpaired) electrons. The van der Waals surface area contributed by atoms with Gasteiger partial charge in [0.2, 0.25) is 0 Å². The van der Waals surface area contributed by atoms with E-state index >= 15 is 0 Å². The van der Waals surface area contributed by atoms with Crippen LogP contribution in [0.2, 0.25) is 0 Å². The van der Waals surface area contributed by atoms with Crippen molar-refractivity contribution in [1.29, 1.82) is 0 Å². The molecule has 0 saturated carbocycles. The molecular weight excluding hydrogens is 188 g/mol. The molecule has 1 rings (SSSR count). The summed E-state index contributed by atoms with van der Waals surface area (Å²) in [5.74, 6) is 0. The van der Waals surface area contributed by atoms with Crippen molar-refractivity contribution in [3.8, 4) is 0 Å². The highest BCUT2D eigenvalue weighted by Crippen LogP contribution is 2.18. The van der Waals surface area contributed by atoms with Gasteiger partial charge in [-0.05, 0) is 19.3 Å². The molecule has 0 bridgehead atoms. The average molecular weight is 214 g/mol. The fourth-order valence-corrected chi connectivity index (χ4v) is 1.94. The zero-order valence-electron chi connectivity index (χ0n) is 10.1. The molecule has 1 aliphatic heterocycles. The second-order valence-corrected chi connectivity index (χ2v) is 4.74. The highest BCUT2D eigenvalue weighted by molar-refractivity contribution is 4.68. The summed E-state index contributed by atoms with van der Waals surface area (Å²) in [7, 11) is 0. The van der Waals surface area contributed by atoms with Gasteiger partial charge in [-0.1, -0.05) is 45.4 Å². The van der Waals surface area contributed by atoms with Crippen LogP contribution in [0.1, 0.15) is 64.7 Å². The Kier molecular flexibility index (Phi) is 7.03. The Labute approximate surface area is 94.0 Å². The standard InChI is InChI=1S/C13H26O2/c1-2-3-5-8-12(14)9-6-4-7-10-13-11-15-13/h12-14H,2-11H2,1H3/t12-,13-/m1/s1. The number of epoxide rings is 1. The molecule has 2 atom stereocenters. The van der Waals surface area contributed by atoms with E-state index in [-0.39, 0.29) is 6.10 Å². The van der Waals surface area contributed by atoms with Gasteiger partial charge in [0.1, 0.15) is 0 Å². The minimum atomic E-state index is -0.0475. The molecule has 0 spiro atoms. The maximum atomic E-state index is 9.67. The van der Waals surface area contributed by atoms with Crippen LogP contribution in [0.3, 0.4) is 0 Å². The summed E-state index contributed by atoms with van der Waals surface area (Å²) < 4.78 is 5.15. The van der Waals surface area contributed by atoms with E-state index in [1.165, 1.54) is 44.9 Å². The number of aliphatic hydroxyl groups excluding tert-OH is 1. The number of rotatable bonds is 10. The molecule has 2 nitrogen and oxygen atoms in total. The van der Waals surface area contributed by atoms with Crippen LogP contribution in [0.5, 0.6) is 0 Å². The quantitative estimate of drug-likeness (QED) is 0.447. The number of aliphatic hydroxyl groups is 1. The molecule has 15 heavy (non-hydrogen) atoms. The Hall–Kier alpha value is -0.0800. The largest absolute Gasteiger partial charge is 0.393 e. The van der Waals surface area contributed by atoms with Gasteiger partial charge in [-0.3, -0.25) is 0 Å². The second-order valence-electron chi connectivity index (χ2n) is 4.74. The number of unbranched alkanes of at least 4 members (excludes halogenated alkanes) is 4. The molecule has 0 aromatic heterocycles. The summed E-state index contributed by atoms with van der Waals surface area (Å²) in [4.78, 5) is 0. The Balaban J connectivity index is 1.76. The first-order chi connectivity index (χ1) is 7.33. The van der Waals surface area contributed by atoms with Crippen molar-refractivity contribution >= 4 is 0 Å². The number of hydrogen-bond donors (Lipinski definition) is 1. The molecule has 1 aliphatic rings. The van der Waals surface area contributed by atoms with Crippen LogP contribution in [-0.4, -0.2) is 23.9 Å². The van der Waals surface area contributed by atoms with E-state index in [1.54, 1.807) is 0 Å². The summed E-state index contributed by atoms with van der Waals surface area (Å²) in [5.41, 5.74) is 0. The molecule has 90 valence electrons. The first-order valence-corrected chi connectivity index (χ1v) is 6.62. The van der Waals surface area contributed by atoms with Crippen LogP contribution >= 0.6 is 0 Å². The minimum absolute atomic E-state index is 0.0475. The van der Waals surface area contributed by atoms with E-state index < -0.39 is 0 Å². The molecular formula is C13H26O2. The third-order valence-corrected chi connectivity index (χ3v) is 3.11. The first kappa shape index (κ1) is 13.0. The van der Waals surface area contributed by atoms with Gasteiger partial charge in [0.25, 0.3) is 0 Å². The predicted molar refractivity (Wildman–Crippen MR) is 63.0 cm³/mol. The molecule has 0 unspecified atom stereocenters. The Bertz CT molecular complexity index is 143. The second kappa shape index (κ2) is 8.12. The molecule has 1 heterocycles. The zero-order chi connectivity index (χ0) is 10.9. The molecule has 0 aliphatic carbocycles. The highest BCUT2D eigenvalue weighted by atomic mass is 16.6. The van der Waals surface area contributed by atoms with Gasteiger partial charge in [-0.15, -0.1) is 0 Å². The SMILES string of the molecule is CCCCC[C@@H](O)CCCCC[C@@H]1CO1. The topological polar surface area (TPSA) is 32.8 Å². The van der Waals surface area contributed by atoms with Crippen molar-refractivity contribution in [2.24, 2.45) is 0 Å². The van der Waals surface area contributed by atoms with Gasteiger partial charge >= 0.3 is 0 Å². The van der Waals surface area contributed by atoms with Crippen LogP contribution in [0.15, 0.2) is 0 Å². The molecule has 1 fully saturated rings. The average Bonchev–Trinajstić information content (AvgIpc) is 3.02. The van der Waals surface area contributed by atoms with Crippen LogP contribution < -0.4 is 0 Å². The van der Waals surface area contributed by atoms with E-state index in [9.17, 15) is 5.11 Å². The molecule has 0 amide bonds. The lowest BCUT2D eigenvalue weighted by molar-refractivity contribution is 0.147. The fraction of sp³-hybridized carbons (Fsp3) is 1.00. The lowest BCUT2D eigenvalue weighted by Crippen LogP contribution is -2.05. The lowest BCUT2D eigenvalue weighted by Gasteiger charge is -2.09. The van der Waals surface area contributed by atoms with Crippen molar-refractivity contribution in [1.82, 2.24) is 0 Å². The summed E-state index contributed by atoms with van der Waals surface area (Å²) in [6.07, 6.45) is 11.2. The summed E-state index contributed by atoms with van der Waals surface area (Å²) in [6.45, 7) is 3.19. The van der Waals surface area contributed by atoms with E-state index in [0.29, 0.717) is 6.10 Å². The van der Waals surface area contributed by atoms with Gasteiger partial charge in [0.15, 0.2) is 0 Å². The summed E-state index contributed by atoms with van der Waals surface area (Å²) in [5, 5.41) is 9.67. The van der Waals surface area contributed by atoms with Gasteiger partial charge in [0.05, 0.1) is 18.8 Å². The molecule has 2 heteroatoms. The predicted octanol–water partition coefficient (Wildman–Crippen LogP) is 3.28. The minimum Gasteiger partial charge on any atom is -0.393 e. The molecule has 1 saturated heterocycles. The van der Waals surface area contributed by atoms with E-state index in [0.717, 1.165) is 19.4 Å². The number of ether oxygens (including phenoxy) is 1. The summed E-state index contributed by atoms with van der Waals surface area (Å²) in [6, 6.07) is 0. The monoisotopic (exact) mass is 214 g/mol. The van der Waals surface area contributed by atoms with Gasteiger partial charge in [-0.25, -0.2) is 0 Å². The van der Waals surface area contributed by atoms with Crippen molar-refractivity contribution in [3.63, 3.8) is 0 Å². The normalized spacial score (nSPS) is 21.6. The maximum absolute atomic E-state index is 9.67. The summed E-state index contributed by atoms with van der Waals surface area (Å²) >= 11 is 0. The van der Waals surface area contributed by atoms with Crippen LogP contribution in [0.25, 0.3) is 0 Å². The highest BCUT2D eigenvalue weighted by Gasteiger charge is 2.20.